The Morgan fingerprint density at radius 2 is 2.03 bits per heavy atom. The van der Waals surface area contributed by atoms with Crippen LogP contribution >= 0.6 is 0 Å². The molecule has 13 heteroatoms. The second-order valence-electron chi connectivity index (χ2n) is 8.95. The third-order valence-electron chi connectivity index (χ3n) is 4.94. The van der Waals surface area contributed by atoms with Crippen LogP contribution in [0.3, 0.4) is 0 Å². The van der Waals surface area contributed by atoms with E-state index in [1.165, 1.54) is 0 Å². The number of hydrogen-bond donors (Lipinski definition) is 3. The second-order valence-corrected chi connectivity index (χ2v) is 8.95. The van der Waals surface area contributed by atoms with Crippen LogP contribution in [0.5, 0.6) is 5.75 Å². The monoisotopic (exact) mass is 496 g/mol. The van der Waals surface area contributed by atoms with E-state index < -0.39 is 11.7 Å². The van der Waals surface area contributed by atoms with Gasteiger partial charge in [-0.25, -0.2) is 9.78 Å². The van der Waals surface area contributed by atoms with Gasteiger partial charge in [-0.15, -0.1) is 0 Å². The summed E-state index contributed by atoms with van der Waals surface area (Å²) in [5, 5.41) is 23.6. The van der Waals surface area contributed by atoms with Gasteiger partial charge in [0, 0.05) is 12.5 Å². The predicted molar refractivity (Wildman–Crippen MR) is 130 cm³/mol. The number of benzene rings is 1. The van der Waals surface area contributed by atoms with E-state index in [-0.39, 0.29) is 19.1 Å². The SMILES string of the molecule is COc1cc(CO)ccc1Cn1ncc2nc(NC(=O)OC(C)(C)C)nc(NCc3noc(C)n3)c21. The number of fused-ring (bicyclic) bond motifs is 1. The van der Waals surface area contributed by atoms with Crippen molar-refractivity contribution in [3.8, 4) is 5.75 Å². The lowest BCUT2D eigenvalue weighted by Gasteiger charge is -2.19. The van der Waals surface area contributed by atoms with Gasteiger partial charge in [-0.05, 0) is 32.4 Å². The summed E-state index contributed by atoms with van der Waals surface area (Å²) in [6, 6.07) is 5.46. The molecule has 0 radical (unpaired) electrons. The summed E-state index contributed by atoms with van der Waals surface area (Å²) in [6.07, 6.45) is 0.901. The molecule has 4 aromatic rings. The smallest absolute Gasteiger partial charge is 0.414 e. The third-order valence-corrected chi connectivity index (χ3v) is 4.94. The van der Waals surface area contributed by atoms with Crippen molar-refractivity contribution in [1.82, 2.24) is 29.9 Å². The maximum atomic E-state index is 12.3. The summed E-state index contributed by atoms with van der Waals surface area (Å²) < 4.78 is 17.6. The minimum atomic E-state index is -0.679. The van der Waals surface area contributed by atoms with Crippen LogP contribution in [0.15, 0.2) is 28.9 Å². The first-order valence-corrected chi connectivity index (χ1v) is 11.2. The highest BCUT2D eigenvalue weighted by Crippen LogP contribution is 2.27. The van der Waals surface area contributed by atoms with Crippen LogP contribution in [0.1, 0.15) is 43.6 Å². The number of carbonyl (C=O) groups is 1. The van der Waals surface area contributed by atoms with Gasteiger partial charge in [-0.3, -0.25) is 10.00 Å². The molecule has 0 aliphatic carbocycles. The van der Waals surface area contributed by atoms with Crippen molar-refractivity contribution in [3.05, 3.63) is 47.2 Å². The van der Waals surface area contributed by atoms with Crippen LogP contribution in [-0.2, 0) is 24.4 Å². The Morgan fingerprint density at radius 1 is 1.22 bits per heavy atom. The van der Waals surface area contributed by atoms with Crippen molar-refractivity contribution >= 4 is 28.9 Å². The molecule has 0 atom stereocenters. The number of ether oxygens (including phenoxy) is 2. The van der Waals surface area contributed by atoms with Gasteiger partial charge in [0.1, 0.15) is 22.4 Å². The number of nitrogens with one attached hydrogen (secondary N) is 2. The number of methoxy groups -OCH3 is 1. The molecule has 0 saturated carbocycles. The largest absolute Gasteiger partial charge is 0.496 e. The Kier molecular flexibility index (Phi) is 7.01. The zero-order valence-electron chi connectivity index (χ0n) is 20.7. The Hall–Kier alpha value is -4.26. The summed E-state index contributed by atoms with van der Waals surface area (Å²) in [4.78, 5) is 25.4. The molecule has 0 aliphatic heterocycles. The van der Waals surface area contributed by atoms with E-state index in [1.54, 1.807) is 51.7 Å². The summed E-state index contributed by atoms with van der Waals surface area (Å²) in [5.74, 6) is 1.94. The van der Waals surface area contributed by atoms with Gasteiger partial charge in [0.15, 0.2) is 11.6 Å². The van der Waals surface area contributed by atoms with Crippen molar-refractivity contribution in [2.24, 2.45) is 0 Å². The lowest BCUT2D eigenvalue weighted by Crippen LogP contribution is -2.28. The number of amides is 1. The van der Waals surface area contributed by atoms with Gasteiger partial charge in [-0.1, -0.05) is 17.3 Å². The van der Waals surface area contributed by atoms with E-state index in [9.17, 15) is 9.90 Å². The first-order valence-electron chi connectivity index (χ1n) is 11.2. The lowest BCUT2D eigenvalue weighted by atomic mass is 10.1. The summed E-state index contributed by atoms with van der Waals surface area (Å²) >= 11 is 0. The average Bonchev–Trinajstić information content (AvgIpc) is 3.42. The molecule has 1 aromatic carbocycles. The lowest BCUT2D eigenvalue weighted by molar-refractivity contribution is 0.0634. The molecule has 3 heterocycles. The van der Waals surface area contributed by atoms with E-state index in [0.717, 1.165) is 11.1 Å². The Morgan fingerprint density at radius 3 is 2.69 bits per heavy atom. The van der Waals surface area contributed by atoms with Crippen LogP contribution in [0.25, 0.3) is 11.0 Å². The standard InChI is InChI=1S/C23H28N8O5/c1-13-26-18(30-36-13)10-24-20-19-16(27-21(28-20)29-22(33)35-23(2,3)4)9-25-31(19)11-15-7-6-14(12-32)8-17(15)34-5/h6-9,32H,10-12H2,1-5H3,(H2,24,27,28,29,33). The number of aryl methyl sites for hydroxylation is 1. The topological polar surface area (TPSA) is 162 Å². The average molecular weight is 497 g/mol. The fourth-order valence-electron chi connectivity index (χ4n) is 3.45. The molecule has 0 saturated heterocycles. The van der Waals surface area contributed by atoms with Gasteiger partial charge < -0.3 is 24.4 Å². The van der Waals surface area contributed by atoms with E-state index in [1.807, 2.05) is 12.1 Å². The van der Waals surface area contributed by atoms with Crippen molar-refractivity contribution < 1.29 is 23.9 Å². The predicted octanol–water partition coefficient (Wildman–Crippen LogP) is 3.03. The molecule has 4 rings (SSSR count). The van der Waals surface area contributed by atoms with Gasteiger partial charge in [-0.2, -0.15) is 15.1 Å². The van der Waals surface area contributed by atoms with Crippen molar-refractivity contribution in [2.75, 3.05) is 17.7 Å². The normalized spacial score (nSPS) is 11.5. The van der Waals surface area contributed by atoms with Crippen LogP contribution in [0.2, 0.25) is 0 Å². The number of carbonyl (C=O) groups excluding carboxylic acids is 1. The van der Waals surface area contributed by atoms with Gasteiger partial charge in [0.05, 0.1) is 33.0 Å². The molecule has 0 spiro atoms. The van der Waals surface area contributed by atoms with Crippen LogP contribution in [0, 0.1) is 6.92 Å². The van der Waals surface area contributed by atoms with Gasteiger partial charge in [0.2, 0.25) is 11.8 Å². The zero-order valence-corrected chi connectivity index (χ0v) is 20.7. The van der Waals surface area contributed by atoms with Crippen molar-refractivity contribution in [1.29, 1.82) is 0 Å². The first-order chi connectivity index (χ1) is 17.1. The van der Waals surface area contributed by atoms with Crippen LogP contribution in [0.4, 0.5) is 16.6 Å². The number of anilines is 2. The van der Waals surface area contributed by atoms with E-state index in [2.05, 4.69) is 35.8 Å². The van der Waals surface area contributed by atoms with Gasteiger partial charge >= 0.3 is 6.09 Å². The maximum absolute atomic E-state index is 12.3. The minimum absolute atomic E-state index is 0.0490. The molecule has 36 heavy (non-hydrogen) atoms. The Balaban J connectivity index is 1.69. The summed E-state index contributed by atoms with van der Waals surface area (Å²) in [6.45, 7) is 7.47. The molecule has 0 unspecified atom stereocenters. The van der Waals surface area contributed by atoms with E-state index in [4.69, 9.17) is 14.0 Å². The van der Waals surface area contributed by atoms with Crippen molar-refractivity contribution in [3.63, 3.8) is 0 Å². The number of aliphatic hydroxyl groups is 1. The highest BCUT2D eigenvalue weighted by molar-refractivity contribution is 5.89. The van der Waals surface area contributed by atoms with Crippen molar-refractivity contribution in [2.45, 2.75) is 53.0 Å². The molecular formula is C23H28N8O5. The molecule has 0 fully saturated rings. The third kappa shape index (κ3) is 5.86. The number of hydrogen-bond acceptors (Lipinski definition) is 11. The second kappa shape index (κ2) is 10.2. The minimum Gasteiger partial charge on any atom is -0.496 e. The molecule has 13 nitrogen and oxygen atoms in total. The van der Waals surface area contributed by atoms with Crippen LogP contribution < -0.4 is 15.4 Å². The number of aromatic nitrogens is 6. The number of rotatable bonds is 8. The fourth-order valence-corrected chi connectivity index (χ4v) is 3.45. The summed E-state index contributed by atoms with van der Waals surface area (Å²) in [7, 11) is 1.57. The van der Waals surface area contributed by atoms with Gasteiger partial charge in [0.25, 0.3) is 0 Å². The number of aliphatic hydroxyl groups excluding tert-OH is 1. The van der Waals surface area contributed by atoms with E-state index in [0.29, 0.717) is 40.9 Å². The zero-order chi connectivity index (χ0) is 25.9. The fraction of sp³-hybridized carbons (Fsp3) is 0.391. The quantitative estimate of drug-likeness (QED) is 0.328. The molecule has 190 valence electrons. The summed E-state index contributed by atoms with van der Waals surface area (Å²) in [5.41, 5.74) is 1.99. The molecule has 1 amide bonds. The number of nitrogens with zero attached hydrogens (tertiary/aromatic N) is 6. The highest BCUT2D eigenvalue weighted by Gasteiger charge is 2.20. The maximum Gasteiger partial charge on any atom is 0.414 e. The molecular weight excluding hydrogens is 468 g/mol. The Labute approximate surface area is 206 Å². The molecule has 3 aromatic heterocycles. The first kappa shape index (κ1) is 24.9. The van der Waals surface area contributed by atoms with Crippen LogP contribution in [-0.4, -0.2) is 53.8 Å². The van der Waals surface area contributed by atoms with E-state index >= 15 is 0 Å². The molecule has 0 bridgehead atoms. The molecule has 3 N–H and O–H groups in total. The Bertz CT molecular complexity index is 1370. The molecule has 0 aliphatic rings. The highest BCUT2D eigenvalue weighted by atomic mass is 16.6.